The Balaban J connectivity index is 1.42. The molecule has 0 atom stereocenters. The Bertz CT molecular complexity index is 772. The van der Waals surface area contributed by atoms with E-state index in [0.717, 1.165) is 24.5 Å². The van der Waals surface area contributed by atoms with Crippen molar-refractivity contribution in [3.05, 3.63) is 36.0 Å². The Morgan fingerprint density at radius 3 is 2.60 bits per heavy atom. The van der Waals surface area contributed by atoms with Gasteiger partial charge in [0.15, 0.2) is 23.0 Å². The highest BCUT2D eigenvalue weighted by Gasteiger charge is 2.21. The second-order valence-electron chi connectivity index (χ2n) is 6.09. The number of nitrogens with one attached hydrogen (secondary N) is 1. The molecule has 130 valence electrons. The van der Waals surface area contributed by atoms with Gasteiger partial charge in [-0.2, -0.15) is 0 Å². The van der Waals surface area contributed by atoms with Gasteiger partial charge in [0, 0.05) is 37.9 Å². The lowest BCUT2D eigenvalue weighted by molar-refractivity contribution is 0.0657. The molecule has 8 nitrogen and oxygen atoms in total. The molecular formula is C17H19N5O3. The fraction of sp³-hybridized carbons (Fsp3) is 0.353. The van der Waals surface area contributed by atoms with Crippen molar-refractivity contribution in [2.75, 3.05) is 45.3 Å². The Morgan fingerprint density at radius 1 is 1.04 bits per heavy atom. The van der Waals surface area contributed by atoms with Gasteiger partial charge >= 0.3 is 0 Å². The van der Waals surface area contributed by atoms with Gasteiger partial charge in [-0.1, -0.05) is 0 Å². The molecule has 8 heteroatoms. The number of anilines is 2. The third-order valence-electron chi connectivity index (χ3n) is 4.32. The van der Waals surface area contributed by atoms with E-state index < -0.39 is 0 Å². The Kier molecular flexibility index (Phi) is 4.10. The van der Waals surface area contributed by atoms with Crippen LogP contribution in [0.25, 0.3) is 0 Å². The quantitative estimate of drug-likeness (QED) is 0.902. The number of rotatable bonds is 3. The average Bonchev–Trinajstić information content (AvgIpc) is 3.10. The minimum absolute atomic E-state index is 0.0739. The van der Waals surface area contributed by atoms with E-state index in [1.165, 1.54) is 0 Å². The fourth-order valence-electron chi connectivity index (χ4n) is 2.81. The molecule has 4 rings (SSSR count). The molecule has 0 radical (unpaired) electrons. The maximum atomic E-state index is 12.5. The largest absolute Gasteiger partial charge is 0.454 e. The first-order valence-electron chi connectivity index (χ1n) is 8.17. The molecule has 3 heterocycles. The van der Waals surface area contributed by atoms with Gasteiger partial charge in [-0.05, 0) is 31.3 Å². The first-order chi connectivity index (χ1) is 12.2. The summed E-state index contributed by atoms with van der Waals surface area (Å²) in [5.41, 5.74) is 1.18. The summed E-state index contributed by atoms with van der Waals surface area (Å²) in [6, 6.07) is 9.00. The van der Waals surface area contributed by atoms with Gasteiger partial charge in [0.05, 0.1) is 0 Å². The van der Waals surface area contributed by atoms with Gasteiger partial charge in [0.1, 0.15) is 0 Å². The second kappa shape index (κ2) is 6.56. The minimum atomic E-state index is -0.0739. The minimum Gasteiger partial charge on any atom is -0.454 e. The number of aromatic nitrogens is 2. The monoisotopic (exact) mass is 341 g/mol. The lowest BCUT2D eigenvalue weighted by atomic mass is 10.2. The highest BCUT2D eigenvalue weighted by atomic mass is 16.7. The molecule has 0 unspecified atom stereocenters. The van der Waals surface area contributed by atoms with Crippen LogP contribution < -0.4 is 14.8 Å². The van der Waals surface area contributed by atoms with Gasteiger partial charge in [-0.25, -0.2) is 0 Å². The number of carbonyl (C=O) groups excluding carboxylic acids is 1. The van der Waals surface area contributed by atoms with E-state index in [2.05, 4.69) is 27.5 Å². The summed E-state index contributed by atoms with van der Waals surface area (Å²) < 4.78 is 10.6. The van der Waals surface area contributed by atoms with Gasteiger partial charge in [0.25, 0.3) is 5.91 Å². The number of nitrogens with zero attached hydrogens (tertiary/aromatic N) is 4. The molecule has 25 heavy (non-hydrogen) atoms. The van der Waals surface area contributed by atoms with Crippen LogP contribution in [-0.2, 0) is 0 Å². The van der Waals surface area contributed by atoms with E-state index in [9.17, 15) is 4.79 Å². The van der Waals surface area contributed by atoms with Crippen LogP contribution in [0.15, 0.2) is 30.3 Å². The standard InChI is InChI=1S/C17H19N5O3/c1-21-6-8-22(9-7-21)17(23)13-3-5-16(20-19-13)18-12-2-4-14-15(10-12)25-11-24-14/h2-5,10H,6-9,11H2,1H3,(H,18,20). The van der Waals surface area contributed by atoms with E-state index in [1.807, 2.05) is 23.1 Å². The molecule has 2 aliphatic heterocycles. The van der Waals surface area contributed by atoms with Crippen LogP contribution in [0.1, 0.15) is 10.5 Å². The first kappa shape index (κ1) is 15.6. The van der Waals surface area contributed by atoms with Crippen LogP contribution in [-0.4, -0.2) is 65.9 Å². The number of amides is 1. The van der Waals surface area contributed by atoms with Crippen LogP contribution in [0, 0.1) is 0 Å². The van der Waals surface area contributed by atoms with Gasteiger partial charge < -0.3 is 24.6 Å². The molecule has 1 N–H and O–H groups in total. The summed E-state index contributed by atoms with van der Waals surface area (Å²) in [5.74, 6) is 1.91. The number of benzene rings is 1. The second-order valence-corrected chi connectivity index (χ2v) is 6.09. The molecule has 1 saturated heterocycles. The summed E-state index contributed by atoms with van der Waals surface area (Å²) in [5, 5.41) is 11.3. The lowest BCUT2D eigenvalue weighted by Crippen LogP contribution is -2.47. The molecule has 2 aliphatic rings. The summed E-state index contributed by atoms with van der Waals surface area (Å²) >= 11 is 0. The third-order valence-corrected chi connectivity index (χ3v) is 4.32. The number of piperazine rings is 1. The Labute approximate surface area is 145 Å². The SMILES string of the molecule is CN1CCN(C(=O)c2ccc(Nc3ccc4c(c3)OCO4)nn2)CC1. The number of hydrogen-bond acceptors (Lipinski definition) is 7. The maximum Gasteiger partial charge on any atom is 0.274 e. The number of ether oxygens (including phenoxy) is 2. The summed E-state index contributed by atoms with van der Waals surface area (Å²) in [7, 11) is 2.05. The van der Waals surface area contributed by atoms with Crippen LogP contribution in [0.5, 0.6) is 11.5 Å². The third kappa shape index (κ3) is 3.34. The predicted molar refractivity (Wildman–Crippen MR) is 91.3 cm³/mol. The number of fused-ring (bicyclic) bond motifs is 1. The number of hydrogen-bond donors (Lipinski definition) is 1. The van der Waals surface area contributed by atoms with Crippen molar-refractivity contribution < 1.29 is 14.3 Å². The van der Waals surface area contributed by atoms with Crippen molar-refractivity contribution in [3.8, 4) is 11.5 Å². The van der Waals surface area contributed by atoms with Crippen LogP contribution in [0.4, 0.5) is 11.5 Å². The van der Waals surface area contributed by atoms with Crippen molar-refractivity contribution in [1.29, 1.82) is 0 Å². The van der Waals surface area contributed by atoms with Crippen molar-refractivity contribution >= 4 is 17.4 Å². The maximum absolute atomic E-state index is 12.5. The lowest BCUT2D eigenvalue weighted by Gasteiger charge is -2.32. The molecule has 1 amide bonds. The first-order valence-corrected chi connectivity index (χ1v) is 8.17. The normalized spacial score (nSPS) is 16.8. The van der Waals surface area contributed by atoms with E-state index in [1.54, 1.807) is 12.1 Å². The highest BCUT2D eigenvalue weighted by molar-refractivity contribution is 5.92. The average molecular weight is 341 g/mol. The molecule has 0 spiro atoms. The summed E-state index contributed by atoms with van der Waals surface area (Å²) in [6.45, 7) is 3.43. The van der Waals surface area contributed by atoms with Crippen LogP contribution >= 0.6 is 0 Å². The van der Waals surface area contributed by atoms with E-state index in [0.29, 0.717) is 30.4 Å². The molecule has 2 aromatic rings. The summed E-state index contributed by atoms with van der Waals surface area (Å²) in [4.78, 5) is 16.5. The Morgan fingerprint density at radius 2 is 1.84 bits per heavy atom. The van der Waals surface area contributed by atoms with Crippen molar-refractivity contribution in [2.45, 2.75) is 0 Å². The highest BCUT2D eigenvalue weighted by Crippen LogP contribution is 2.34. The zero-order chi connectivity index (χ0) is 17.2. The Hall–Kier alpha value is -2.87. The van der Waals surface area contributed by atoms with Crippen molar-refractivity contribution in [3.63, 3.8) is 0 Å². The van der Waals surface area contributed by atoms with Crippen LogP contribution in [0.2, 0.25) is 0 Å². The molecule has 0 bridgehead atoms. The number of carbonyl (C=O) groups is 1. The zero-order valence-electron chi connectivity index (χ0n) is 13.9. The van der Waals surface area contributed by atoms with Crippen molar-refractivity contribution in [1.82, 2.24) is 20.0 Å². The molecule has 0 saturated carbocycles. The van der Waals surface area contributed by atoms with Gasteiger partial charge in [0.2, 0.25) is 6.79 Å². The fourth-order valence-corrected chi connectivity index (χ4v) is 2.81. The molecule has 0 aliphatic carbocycles. The van der Waals surface area contributed by atoms with E-state index >= 15 is 0 Å². The molecule has 1 aromatic carbocycles. The predicted octanol–water partition coefficient (Wildman–Crippen LogP) is 1.34. The number of likely N-dealkylation sites (N-methyl/N-ethyl adjacent to an activating group) is 1. The molecule has 1 aromatic heterocycles. The van der Waals surface area contributed by atoms with E-state index in [4.69, 9.17) is 9.47 Å². The van der Waals surface area contributed by atoms with Crippen molar-refractivity contribution in [2.24, 2.45) is 0 Å². The molecule has 1 fully saturated rings. The van der Waals surface area contributed by atoms with E-state index in [-0.39, 0.29) is 12.7 Å². The van der Waals surface area contributed by atoms with Crippen LogP contribution in [0.3, 0.4) is 0 Å². The summed E-state index contributed by atoms with van der Waals surface area (Å²) in [6.07, 6.45) is 0. The van der Waals surface area contributed by atoms with Gasteiger partial charge in [-0.3, -0.25) is 4.79 Å². The topological polar surface area (TPSA) is 79.8 Å². The smallest absolute Gasteiger partial charge is 0.274 e. The molecular weight excluding hydrogens is 322 g/mol. The zero-order valence-corrected chi connectivity index (χ0v) is 13.9. The van der Waals surface area contributed by atoms with Gasteiger partial charge in [-0.15, -0.1) is 10.2 Å².